The van der Waals surface area contributed by atoms with Crippen molar-refractivity contribution in [3.8, 4) is 0 Å². The molecule has 0 spiro atoms. The predicted octanol–water partition coefficient (Wildman–Crippen LogP) is 1.45. The van der Waals surface area contributed by atoms with Crippen LogP contribution in [0.2, 0.25) is 0 Å². The highest BCUT2D eigenvalue weighted by Gasteiger charge is 2.04. The largest absolute Gasteiger partial charge is 0.303 e. The second kappa shape index (κ2) is 2.92. The number of hydrogen-bond donors (Lipinski definition) is 0. The Labute approximate surface area is 53.2 Å². The Hall–Kier alpha value is -0.240. The summed E-state index contributed by atoms with van der Waals surface area (Å²) in [5.74, 6) is 1.30. The fourth-order valence-electron chi connectivity index (χ4n) is 0.638. The minimum absolute atomic E-state index is 0.205. The van der Waals surface area contributed by atoms with Crippen LogP contribution in [0.3, 0.4) is 0 Å². The van der Waals surface area contributed by atoms with Crippen molar-refractivity contribution in [1.29, 1.82) is 0 Å². The van der Waals surface area contributed by atoms with E-state index in [4.69, 9.17) is 0 Å². The molecule has 0 aromatic carbocycles. The van der Waals surface area contributed by atoms with Crippen molar-refractivity contribution in [2.75, 3.05) is 5.75 Å². The quantitative estimate of drug-likeness (QED) is 0.497. The Morgan fingerprint density at radius 3 is 3.00 bits per heavy atom. The molecule has 44 valence electrons. The lowest BCUT2D eigenvalue weighted by Crippen LogP contribution is -2.01. The van der Waals surface area contributed by atoms with Crippen molar-refractivity contribution in [2.45, 2.75) is 6.42 Å². The van der Waals surface area contributed by atoms with Gasteiger partial charge in [-0.15, -0.1) is 11.8 Å². The third-order valence-electron chi connectivity index (χ3n) is 1.17. The summed E-state index contributed by atoms with van der Waals surface area (Å²) < 4.78 is 0. The molecule has 0 saturated carbocycles. The topological polar surface area (TPSA) is 17.1 Å². The third kappa shape index (κ3) is 1.37. The van der Waals surface area contributed by atoms with Gasteiger partial charge in [0.25, 0.3) is 0 Å². The molecule has 1 atom stereocenters. The molecule has 0 aromatic rings. The van der Waals surface area contributed by atoms with Crippen LogP contribution in [-0.2, 0) is 4.79 Å². The van der Waals surface area contributed by atoms with Gasteiger partial charge in [0.05, 0.1) is 0 Å². The first-order valence-electron chi connectivity index (χ1n) is 2.67. The maximum absolute atomic E-state index is 10.1. The molecule has 1 nitrogen and oxygen atoms in total. The first-order chi connectivity index (χ1) is 3.93. The number of thioether (sulfide) groups is 1. The minimum atomic E-state index is 0.205. The molecule has 1 rings (SSSR count). The summed E-state index contributed by atoms with van der Waals surface area (Å²) >= 11 is 1.77. The molecule has 1 aliphatic rings. The maximum Gasteiger partial charge on any atom is 0.126 e. The summed E-state index contributed by atoms with van der Waals surface area (Å²) in [5, 5.41) is 2.00. The summed E-state index contributed by atoms with van der Waals surface area (Å²) in [5.41, 5.74) is 0. The summed E-state index contributed by atoms with van der Waals surface area (Å²) in [6.45, 7) is 0. The number of carbonyl (C=O) groups excluding carboxylic acids is 1. The molecule has 1 unspecified atom stereocenters. The molecule has 0 aromatic heterocycles. The van der Waals surface area contributed by atoms with E-state index in [1.54, 1.807) is 11.8 Å². The van der Waals surface area contributed by atoms with Crippen molar-refractivity contribution in [2.24, 2.45) is 5.92 Å². The lowest BCUT2D eigenvalue weighted by molar-refractivity contribution is -0.109. The summed E-state index contributed by atoms with van der Waals surface area (Å²) in [6, 6.07) is 0. The molecule has 0 N–H and O–H groups in total. The number of allylic oxidation sites excluding steroid dienone is 1. The van der Waals surface area contributed by atoms with E-state index in [0.717, 1.165) is 18.5 Å². The smallest absolute Gasteiger partial charge is 0.126 e. The second-order valence-electron chi connectivity index (χ2n) is 1.79. The van der Waals surface area contributed by atoms with E-state index in [9.17, 15) is 4.79 Å². The highest BCUT2D eigenvalue weighted by molar-refractivity contribution is 8.02. The first kappa shape index (κ1) is 5.89. The monoisotopic (exact) mass is 128 g/mol. The van der Waals surface area contributed by atoms with Crippen LogP contribution < -0.4 is 0 Å². The number of rotatable bonds is 1. The molecule has 0 aliphatic carbocycles. The highest BCUT2D eigenvalue weighted by Crippen LogP contribution is 2.17. The fraction of sp³-hybridized carbons (Fsp3) is 0.500. The molecular formula is C6H8OS. The van der Waals surface area contributed by atoms with Crippen molar-refractivity contribution in [3.05, 3.63) is 11.5 Å². The summed E-state index contributed by atoms with van der Waals surface area (Å²) in [6.07, 6.45) is 3.99. The van der Waals surface area contributed by atoms with E-state index < -0.39 is 0 Å². The van der Waals surface area contributed by atoms with Crippen LogP contribution in [0, 0.1) is 5.92 Å². The van der Waals surface area contributed by atoms with E-state index in [-0.39, 0.29) is 5.92 Å². The Bertz CT molecular complexity index is 109. The van der Waals surface area contributed by atoms with E-state index in [1.807, 2.05) is 11.5 Å². The highest BCUT2D eigenvalue weighted by atomic mass is 32.2. The molecule has 0 amide bonds. The van der Waals surface area contributed by atoms with Gasteiger partial charge in [0.15, 0.2) is 0 Å². The number of carbonyl (C=O) groups is 1. The maximum atomic E-state index is 10.1. The van der Waals surface area contributed by atoms with Gasteiger partial charge < -0.3 is 4.79 Å². The second-order valence-corrected chi connectivity index (χ2v) is 2.80. The number of aldehydes is 1. The molecule has 0 saturated heterocycles. The van der Waals surface area contributed by atoms with Gasteiger partial charge in [0.1, 0.15) is 6.29 Å². The fourth-order valence-corrected chi connectivity index (χ4v) is 1.50. The van der Waals surface area contributed by atoms with E-state index in [2.05, 4.69) is 0 Å². The lowest BCUT2D eigenvalue weighted by atomic mass is 10.1. The van der Waals surface area contributed by atoms with Crippen molar-refractivity contribution < 1.29 is 4.79 Å². The van der Waals surface area contributed by atoms with Crippen LogP contribution in [0.25, 0.3) is 0 Å². The Kier molecular flexibility index (Phi) is 2.15. The SMILES string of the molecule is O=CC1C=CSCC1. The lowest BCUT2D eigenvalue weighted by Gasteiger charge is -2.06. The summed E-state index contributed by atoms with van der Waals surface area (Å²) in [4.78, 5) is 10.1. The Morgan fingerprint density at radius 2 is 2.62 bits per heavy atom. The molecular weight excluding hydrogens is 120 g/mol. The molecule has 0 fully saturated rings. The molecule has 1 aliphatic heterocycles. The van der Waals surface area contributed by atoms with Crippen molar-refractivity contribution in [1.82, 2.24) is 0 Å². The van der Waals surface area contributed by atoms with Crippen molar-refractivity contribution >= 4 is 18.0 Å². The molecule has 0 bridgehead atoms. The van der Waals surface area contributed by atoms with Gasteiger partial charge in [0.2, 0.25) is 0 Å². The zero-order chi connectivity index (χ0) is 5.82. The number of hydrogen-bond acceptors (Lipinski definition) is 2. The Balaban J connectivity index is 2.42. The van der Waals surface area contributed by atoms with Gasteiger partial charge in [-0.05, 0) is 17.6 Å². The van der Waals surface area contributed by atoms with Crippen LogP contribution in [0.4, 0.5) is 0 Å². The zero-order valence-electron chi connectivity index (χ0n) is 4.54. The van der Waals surface area contributed by atoms with Gasteiger partial charge in [-0.1, -0.05) is 6.08 Å². The van der Waals surface area contributed by atoms with Crippen LogP contribution in [0.15, 0.2) is 11.5 Å². The molecule has 1 heterocycles. The van der Waals surface area contributed by atoms with Crippen LogP contribution in [-0.4, -0.2) is 12.0 Å². The van der Waals surface area contributed by atoms with E-state index in [1.165, 1.54) is 0 Å². The summed E-state index contributed by atoms with van der Waals surface area (Å²) in [7, 11) is 0. The molecule has 8 heavy (non-hydrogen) atoms. The standard InChI is InChI=1S/C6H8OS/c7-5-6-1-3-8-4-2-6/h1,3,5-6H,2,4H2. The normalized spacial score (nSPS) is 27.8. The van der Waals surface area contributed by atoms with Crippen LogP contribution in [0.5, 0.6) is 0 Å². The van der Waals surface area contributed by atoms with E-state index in [0.29, 0.717) is 0 Å². The van der Waals surface area contributed by atoms with Gasteiger partial charge in [-0.3, -0.25) is 0 Å². The van der Waals surface area contributed by atoms with Gasteiger partial charge in [-0.25, -0.2) is 0 Å². The molecule has 0 radical (unpaired) electrons. The first-order valence-corrected chi connectivity index (χ1v) is 3.72. The average molecular weight is 128 g/mol. The van der Waals surface area contributed by atoms with Gasteiger partial charge in [-0.2, -0.15) is 0 Å². The zero-order valence-corrected chi connectivity index (χ0v) is 5.36. The van der Waals surface area contributed by atoms with E-state index >= 15 is 0 Å². The van der Waals surface area contributed by atoms with Crippen LogP contribution in [0.1, 0.15) is 6.42 Å². The third-order valence-corrected chi connectivity index (χ3v) is 1.99. The Morgan fingerprint density at radius 1 is 1.75 bits per heavy atom. The van der Waals surface area contributed by atoms with Crippen LogP contribution >= 0.6 is 11.8 Å². The van der Waals surface area contributed by atoms with Gasteiger partial charge >= 0.3 is 0 Å². The minimum Gasteiger partial charge on any atom is -0.303 e. The molecule has 2 heteroatoms. The average Bonchev–Trinajstić information content (AvgIpc) is 1.90. The van der Waals surface area contributed by atoms with Gasteiger partial charge in [0, 0.05) is 5.92 Å². The predicted molar refractivity (Wildman–Crippen MR) is 35.8 cm³/mol. The van der Waals surface area contributed by atoms with Crippen molar-refractivity contribution in [3.63, 3.8) is 0 Å².